The summed E-state index contributed by atoms with van der Waals surface area (Å²) in [7, 11) is -2.16. The summed E-state index contributed by atoms with van der Waals surface area (Å²) >= 11 is 0. The van der Waals surface area contributed by atoms with Crippen molar-refractivity contribution in [2.75, 3.05) is 0 Å². The van der Waals surface area contributed by atoms with E-state index < -0.39 is 8.07 Å². The Bertz CT molecular complexity index is 1720. The molecule has 0 saturated carbocycles. The molecule has 0 heterocycles. The molecule has 2 heteroatoms. The van der Waals surface area contributed by atoms with E-state index in [-0.39, 0.29) is 26.2 Å². The molecule has 6 rings (SSSR count). The van der Waals surface area contributed by atoms with Crippen molar-refractivity contribution in [2.24, 2.45) is 0 Å². The zero-order valence-electron chi connectivity index (χ0n) is 26.4. The Morgan fingerprint density at radius 2 is 0.881 bits per heavy atom. The third-order valence-electron chi connectivity index (χ3n) is 9.25. The molecule has 0 aromatic heterocycles. The van der Waals surface area contributed by atoms with Crippen LogP contribution in [0.15, 0.2) is 97.1 Å². The maximum absolute atomic E-state index is 2.58. The molecule has 0 N–H and O–H groups in total. The summed E-state index contributed by atoms with van der Waals surface area (Å²) in [5.41, 5.74) is 11.0. The van der Waals surface area contributed by atoms with Crippen molar-refractivity contribution in [3.63, 3.8) is 0 Å². The zero-order valence-corrected chi connectivity index (χ0v) is 29.9. The quantitative estimate of drug-likeness (QED) is 0.125. The van der Waals surface area contributed by atoms with Gasteiger partial charge in [-0.3, -0.25) is 0 Å². The molecule has 0 atom stereocenters. The van der Waals surface area contributed by atoms with Crippen molar-refractivity contribution in [1.29, 1.82) is 0 Å². The van der Waals surface area contributed by atoms with Gasteiger partial charge in [-0.2, -0.15) is 10.4 Å². The minimum Gasteiger partial charge on any atom is -0.158 e. The number of fused-ring (bicyclic) bond motifs is 2. The second-order valence-electron chi connectivity index (χ2n) is 13.1. The summed E-state index contributed by atoms with van der Waals surface area (Å²) in [6.45, 7) is 18.9. The molecule has 0 fully saturated rings. The Morgan fingerprint density at radius 1 is 0.524 bits per heavy atom. The van der Waals surface area contributed by atoms with E-state index in [0.717, 1.165) is 0 Å². The van der Waals surface area contributed by atoms with Gasteiger partial charge < -0.3 is 0 Å². The van der Waals surface area contributed by atoms with Crippen LogP contribution in [0.4, 0.5) is 0 Å². The van der Waals surface area contributed by atoms with E-state index in [4.69, 9.17) is 0 Å². The van der Waals surface area contributed by atoms with Gasteiger partial charge in [-0.05, 0) is 34.1 Å². The van der Waals surface area contributed by atoms with E-state index in [1.807, 2.05) is 0 Å². The Morgan fingerprint density at radius 3 is 1.21 bits per heavy atom. The summed E-state index contributed by atoms with van der Waals surface area (Å²) in [6, 6.07) is 37.1. The molecule has 0 bridgehead atoms. The number of rotatable bonds is 6. The molecule has 0 amide bonds. The SMILES string of the molecule is Cc1[cH-]c2cccc(-c3ccc(C(C)C)cc3)c2c1[Si](C)(C)c1c(C)[cH-]c2cccc(-c3ccc(C(C)C)cc3)c12.[Zr+2]. The molecule has 0 spiro atoms. The molecule has 0 radical (unpaired) electrons. The fourth-order valence-electron chi connectivity index (χ4n) is 7.26. The van der Waals surface area contributed by atoms with E-state index in [0.29, 0.717) is 11.8 Å². The predicted octanol–water partition coefficient (Wildman–Crippen LogP) is 10.4. The summed E-state index contributed by atoms with van der Waals surface area (Å²) < 4.78 is 0. The van der Waals surface area contributed by atoms with E-state index in [1.165, 1.54) is 66.1 Å². The fraction of sp³-hybridized carbons (Fsp3) is 0.250. The van der Waals surface area contributed by atoms with Crippen LogP contribution in [0.2, 0.25) is 13.1 Å². The van der Waals surface area contributed by atoms with Crippen molar-refractivity contribution >= 4 is 40.0 Å². The third-order valence-corrected chi connectivity index (χ3v) is 13.0. The monoisotopic (exact) mass is 640 g/mol. The molecule has 42 heavy (non-hydrogen) atoms. The number of benzene rings is 4. The molecule has 0 aliphatic rings. The normalized spacial score (nSPS) is 12.0. The Hall–Kier alpha value is -2.80. The van der Waals surface area contributed by atoms with Gasteiger partial charge in [0.05, 0.1) is 0 Å². The Labute approximate surface area is 272 Å². The van der Waals surface area contributed by atoms with Gasteiger partial charge >= 0.3 is 26.2 Å². The van der Waals surface area contributed by atoms with Crippen LogP contribution in [0.1, 0.15) is 61.8 Å². The van der Waals surface area contributed by atoms with Crippen LogP contribution in [0.5, 0.6) is 0 Å². The van der Waals surface area contributed by atoms with E-state index in [1.54, 1.807) is 10.4 Å². The minimum atomic E-state index is -2.16. The second-order valence-corrected chi connectivity index (χ2v) is 17.4. The smallest absolute Gasteiger partial charge is 0.158 e. The third kappa shape index (κ3) is 5.16. The van der Waals surface area contributed by atoms with Gasteiger partial charge in [-0.15, -0.1) is 69.1 Å². The molecule has 6 aromatic rings. The van der Waals surface area contributed by atoms with Crippen LogP contribution >= 0.6 is 0 Å². The van der Waals surface area contributed by atoms with Gasteiger partial charge in [-0.1, -0.05) is 126 Å². The topological polar surface area (TPSA) is 0 Å². The van der Waals surface area contributed by atoms with Crippen LogP contribution in [0.3, 0.4) is 0 Å². The standard InChI is InChI=1S/C40H42Si.Zr/c1-25(2)29-15-19-31(20-16-29)35-13-9-11-33-23-27(5)39(37(33)35)41(7,8)40-28(6)24-34-12-10-14-36(38(34)40)32-21-17-30(18-22-32)26(3)4;/h9-26H,1-8H3;/q-2;+2. The molecule has 0 nitrogen and oxygen atoms in total. The molecular formula is C40H42SiZr. The van der Waals surface area contributed by atoms with Crippen LogP contribution in [-0.4, -0.2) is 8.07 Å². The summed E-state index contributed by atoms with van der Waals surface area (Å²) in [6.07, 6.45) is 0. The second kappa shape index (κ2) is 11.7. The van der Waals surface area contributed by atoms with Gasteiger partial charge in [0.2, 0.25) is 0 Å². The summed E-state index contributed by atoms with van der Waals surface area (Å²) in [5, 5.41) is 8.79. The molecule has 0 unspecified atom stereocenters. The molecule has 6 aromatic carbocycles. The molecule has 0 saturated heterocycles. The first kappa shape index (κ1) is 30.7. The first-order valence-electron chi connectivity index (χ1n) is 15.2. The summed E-state index contributed by atoms with van der Waals surface area (Å²) in [5.74, 6) is 1.07. The average Bonchev–Trinajstić information content (AvgIpc) is 3.49. The predicted molar refractivity (Wildman–Crippen MR) is 184 cm³/mol. The first-order chi connectivity index (χ1) is 19.6. The van der Waals surface area contributed by atoms with E-state index in [2.05, 4.69) is 152 Å². The van der Waals surface area contributed by atoms with Gasteiger partial charge in [0.1, 0.15) is 0 Å². The van der Waals surface area contributed by atoms with Gasteiger partial charge in [0.25, 0.3) is 0 Å². The van der Waals surface area contributed by atoms with Crippen molar-refractivity contribution < 1.29 is 26.2 Å². The fourth-order valence-corrected chi connectivity index (χ4v) is 11.4. The largest absolute Gasteiger partial charge is 2.00 e. The zero-order chi connectivity index (χ0) is 29.1. The molecule has 0 aliphatic heterocycles. The van der Waals surface area contributed by atoms with Gasteiger partial charge in [-0.25, -0.2) is 0 Å². The van der Waals surface area contributed by atoms with Gasteiger partial charge in [0, 0.05) is 8.07 Å². The van der Waals surface area contributed by atoms with Crippen LogP contribution in [0, 0.1) is 13.8 Å². The number of hydrogen-bond acceptors (Lipinski definition) is 0. The first-order valence-corrected chi connectivity index (χ1v) is 18.2. The van der Waals surface area contributed by atoms with E-state index >= 15 is 0 Å². The van der Waals surface area contributed by atoms with Crippen LogP contribution in [-0.2, 0) is 26.2 Å². The van der Waals surface area contributed by atoms with Crippen molar-refractivity contribution in [3.8, 4) is 22.3 Å². The van der Waals surface area contributed by atoms with Crippen molar-refractivity contribution in [1.82, 2.24) is 0 Å². The number of aryl methyl sites for hydroxylation is 2. The molecule has 210 valence electrons. The Balaban J connectivity index is 0.00000353. The number of hydrogen-bond donors (Lipinski definition) is 0. The minimum absolute atomic E-state index is 0. The average molecular weight is 642 g/mol. The van der Waals surface area contributed by atoms with Crippen LogP contribution in [0.25, 0.3) is 43.8 Å². The van der Waals surface area contributed by atoms with Gasteiger partial charge in [0.15, 0.2) is 0 Å². The summed E-state index contributed by atoms with van der Waals surface area (Å²) in [4.78, 5) is 0. The Kier molecular flexibility index (Phi) is 8.54. The maximum atomic E-state index is 2.58. The molecular weight excluding hydrogens is 600 g/mol. The molecule has 0 aliphatic carbocycles. The maximum Gasteiger partial charge on any atom is 2.00 e. The van der Waals surface area contributed by atoms with E-state index in [9.17, 15) is 0 Å². The van der Waals surface area contributed by atoms with Crippen molar-refractivity contribution in [2.45, 2.75) is 66.5 Å². The van der Waals surface area contributed by atoms with Crippen molar-refractivity contribution in [3.05, 3.63) is 119 Å². The van der Waals surface area contributed by atoms with Crippen LogP contribution < -0.4 is 10.4 Å².